The molecule has 0 radical (unpaired) electrons. The van der Waals surface area contributed by atoms with E-state index in [1.165, 1.54) is 19.3 Å². The monoisotopic (exact) mass is 630 g/mol. The molecule has 1 saturated heterocycles. The van der Waals surface area contributed by atoms with Crippen LogP contribution in [0.2, 0.25) is 0 Å². The van der Waals surface area contributed by atoms with Gasteiger partial charge < -0.3 is 19.1 Å². The molecule has 3 aromatic rings. The molecular weight excluding hydrogens is 576 g/mol. The Morgan fingerprint density at radius 3 is 2.09 bits per heavy atom. The highest BCUT2D eigenvalue weighted by atomic mass is 16.5. The van der Waals surface area contributed by atoms with Gasteiger partial charge in [-0.2, -0.15) is 0 Å². The quantitative estimate of drug-likeness (QED) is 0.120. The van der Waals surface area contributed by atoms with Gasteiger partial charge in [0.05, 0.1) is 23.2 Å². The molecule has 8 heteroatoms. The van der Waals surface area contributed by atoms with E-state index in [1.54, 1.807) is 19.1 Å². The molecule has 46 heavy (non-hydrogen) atoms. The third kappa shape index (κ3) is 9.27. The van der Waals surface area contributed by atoms with Crippen LogP contribution in [0.1, 0.15) is 123 Å². The van der Waals surface area contributed by atoms with Crippen LogP contribution in [0.5, 0.6) is 0 Å². The average Bonchev–Trinajstić information content (AvgIpc) is 3.42. The highest BCUT2D eigenvalue weighted by molar-refractivity contribution is 6.02. The molecule has 0 N–H and O–H groups in total. The maximum Gasteiger partial charge on any atom is 0.338 e. The van der Waals surface area contributed by atoms with Crippen molar-refractivity contribution in [3.63, 3.8) is 0 Å². The van der Waals surface area contributed by atoms with Crippen molar-refractivity contribution in [1.82, 2.24) is 19.4 Å². The van der Waals surface area contributed by atoms with Crippen LogP contribution >= 0.6 is 0 Å². The van der Waals surface area contributed by atoms with Gasteiger partial charge in [-0.1, -0.05) is 53.2 Å². The van der Waals surface area contributed by atoms with Crippen molar-refractivity contribution < 1.29 is 19.1 Å². The number of carbonyl (C=O) groups excluding carboxylic acids is 3. The Hall–Kier alpha value is -3.52. The molecule has 0 bridgehead atoms. The minimum absolute atomic E-state index is 0.0344. The number of nitrogens with zero attached hydrogens (tertiary/aromatic N) is 4. The number of rotatable bonds is 16. The molecule has 1 aliphatic rings. The Morgan fingerprint density at radius 1 is 0.848 bits per heavy atom. The van der Waals surface area contributed by atoms with E-state index in [1.807, 2.05) is 46.7 Å². The van der Waals surface area contributed by atoms with Crippen molar-refractivity contribution in [3.05, 3.63) is 65.0 Å². The van der Waals surface area contributed by atoms with Crippen LogP contribution in [0, 0.1) is 11.8 Å². The largest absolute Gasteiger partial charge is 0.462 e. The number of ketones is 1. The summed E-state index contributed by atoms with van der Waals surface area (Å²) in [6, 6.07) is 12.7. The van der Waals surface area contributed by atoms with Crippen LogP contribution in [0.4, 0.5) is 0 Å². The standard InChI is InChI=1S/C38H54N4O4/c1-7-46-38(45)31-14-12-30(13-15-31)29(6)35(43)36-39-33-17-16-32(37(44)41(24-18-27(2)3)25-19-28(4)5)26-34(33)42(36)23-11-22-40-20-9-8-10-21-40/h12-17,26-29H,7-11,18-25H2,1-6H3. The Morgan fingerprint density at radius 2 is 1.48 bits per heavy atom. The molecule has 1 atom stereocenters. The molecule has 1 fully saturated rings. The van der Waals surface area contributed by atoms with Gasteiger partial charge in [0.15, 0.2) is 5.82 Å². The Labute approximate surface area is 275 Å². The van der Waals surface area contributed by atoms with Crippen LogP contribution in [0.3, 0.4) is 0 Å². The smallest absolute Gasteiger partial charge is 0.338 e. The fraction of sp³-hybridized carbons (Fsp3) is 0.579. The first kappa shape index (κ1) is 35.3. The first-order valence-corrected chi connectivity index (χ1v) is 17.4. The molecule has 0 aliphatic carbocycles. The second-order valence-electron chi connectivity index (χ2n) is 13.6. The molecule has 0 spiro atoms. The number of amides is 1. The minimum atomic E-state index is -0.461. The topological polar surface area (TPSA) is 84.7 Å². The predicted molar refractivity (Wildman–Crippen MR) is 185 cm³/mol. The van der Waals surface area contributed by atoms with Gasteiger partial charge in [-0.3, -0.25) is 9.59 Å². The van der Waals surface area contributed by atoms with E-state index in [0.717, 1.165) is 68.6 Å². The number of benzene rings is 2. The van der Waals surface area contributed by atoms with Gasteiger partial charge in [-0.25, -0.2) is 9.78 Å². The Bertz CT molecular complexity index is 1440. The van der Waals surface area contributed by atoms with Gasteiger partial charge in [0.2, 0.25) is 5.78 Å². The molecule has 1 aromatic heterocycles. The first-order chi connectivity index (χ1) is 22.1. The Balaban J connectivity index is 1.65. The lowest BCUT2D eigenvalue weighted by molar-refractivity contribution is 0.0526. The number of hydrogen-bond donors (Lipinski definition) is 0. The van der Waals surface area contributed by atoms with Crippen molar-refractivity contribution in [3.8, 4) is 0 Å². The van der Waals surface area contributed by atoms with Crippen LogP contribution in [-0.4, -0.2) is 76.3 Å². The van der Waals surface area contributed by atoms with E-state index < -0.39 is 5.92 Å². The molecule has 8 nitrogen and oxygen atoms in total. The lowest BCUT2D eigenvalue weighted by Gasteiger charge is -2.26. The van der Waals surface area contributed by atoms with Crippen molar-refractivity contribution in [2.45, 2.75) is 92.5 Å². The maximum absolute atomic E-state index is 14.1. The van der Waals surface area contributed by atoms with Crippen LogP contribution in [0.15, 0.2) is 42.5 Å². The van der Waals surface area contributed by atoms with E-state index in [4.69, 9.17) is 9.72 Å². The number of hydrogen-bond acceptors (Lipinski definition) is 6. The molecule has 1 unspecified atom stereocenters. The molecule has 250 valence electrons. The first-order valence-electron chi connectivity index (χ1n) is 17.4. The Kier molecular flexibility index (Phi) is 13.0. The summed E-state index contributed by atoms with van der Waals surface area (Å²) in [7, 11) is 0. The van der Waals surface area contributed by atoms with Crippen molar-refractivity contribution in [1.29, 1.82) is 0 Å². The normalized spacial score (nSPS) is 14.6. The summed E-state index contributed by atoms with van der Waals surface area (Å²) in [4.78, 5) is 49.5. The van der Waals surface area contributed by atoms with Crippen LogP contribution < -0.4 is 0 Å². The number of likely N-dealkylation sites (tertiary alicyclic amines) is 1. The lowest BCUT2D eigenvalue weighted by atomic mass is 9.95. The van der Waals surface area contributed by atoms with Crippen LogP contribution in [0.25, 0.3) is 11.0 Å². The number of aryl methyl sites for hydroxylation is 1. The molecular formula is C38H54N4O4. The summed E-state index contributed by atoms with van der Waals surface area (Å²) in [6.07, 6.45) is 6.57. The summed E-state index contributed by atoms with van der Waals surface area (Å²) in [6.45, 7) is 18.0. The lowest BCUT2D eigenvalue weighted by Crippen LogP contribution is -2.34. The number of ether oxygens (including phenoxy) is 1. The van der Waals surface area contributed by atoms with E-state index in [0.29, 0.717) is 41.9 Å². The van der Waals surface area contributed by atoms with Gasteiger partial charge in [-0.05, 0) is 106 Å². The van der Waals surface area contributed by atoms with E-state index in [-0.39, 0.29) is 17.7 Å². The molecule has 1 aliphatic heterocycles. The van der Waals surface area contributed by atoms with E-state index in [2.05, 4.69) is 32.6 Å². The fourth-order valence-corrected chi connectivity index (χ4v) is 6.10. The number of imidazole rings is 1. The number of esters is 1. The molecule has 1 amide bonds. The van der Waals surface area contributed by atoms with Gasteiger partial charge in [-0.15, -0.1) is 0 Å². The molecule has 2 heterocycles. The van der Waals surface area contributed by atoms with E-state index in [9.17, 15) is 14.4 Å². The number of piperidine rings is 1. The zero-order valence-electron chi connectivity index (χ0n) is 28.9. The minimum Gasteiger partial charge on any atom is -0.462 e. The van der Waals surface area contributed by atoms with E-state index >= 15 is 0 Å². The third-order valence-corrected chi connectivity index (χ3v) is 9.08. The fourth-order valence-electron chi connectivity index (χ4n) is 6.10. The van der Waals surface area contributed by atoms with Gasteiger partial charge >= 0.3 is 5.97 Å². The summed E-state index contributed by atoms with van der Waals surface area (Å²) < 4.78 is 7.15. The summed E-state index contributed by atoms with van der Waals surface area (Å²) in [5.41, 5.74) is 3.46. The van der Waals surface area contributed by atoms with Crippen molar-refractivity contribution in [2.24, 2.45) is 11.8 Å². The molecule has 0 saturated carbocycles. The highest BCUT2D eigenvalue weighted by Crippen LogP contribution is 2.26. The predicted octanol–water partition coefficient (Wildman–Crippen LogP) is 7.61. The SMILES string of the molecule is CCOC(=O)c1ccc(C(C)C(=O)c2nc3ccc(C(=O)N(CCC(C)C)CCC(C)C)cc3n2CCCN2CCCCC2)cc1. The van der Waals surface area contributed by atoms with Gasteiger partial charge in [0.25, 0.3) is 5.91 Å². The zero-order chi connectivity index (χ0) is 33.2. The van der Waals surface area contributed by atoms with Gasteiger partial charge in [0, 0.05) is 31.1 Å². The van der Waals surface area contributed by atoms with Gasteiger partial charge in [0.1, 0.15) is 0 Å². The summed E-state index contributed by atoms with van der Waals surface area (Å²) >= 11 is 0. The number of fused-ring (bicyclic) bond motifs is 1. The zero-order valence-corrected chi connectivity index (χ0v) is 28.9. The van der Waals surface area contributed by atoms with Crippen molar-refractivity contribution >= 4 is 28.7 Å². The highest BCUT2D eigenvalue weighted by Gasteiger charge is 2.26. The number of carbonyl (C=O) groups is 3. The maximum atomic E-state index is 14.1. The summed E-state index contributed by atoms with van der Waals surface area (Å²) in [5, 5.41) is 0. The third-order valence-electron chi connectivity index (χ3n) is 9.08. The second kappa shape index (κ2) is 16.9. The molecule has 2 aromatic carbocycles. The molecule has 4 rings (SSSR count). The number of Topliss-reactive ketones (excluding diaryl/α,β-unsaturated/α-hetero) is 1. The summed E-state index contributed by atoms with van der Waals surface area (Å²) in [5.74, 6) is 0.550. The average molecular weight is 631 g/mol. The van der Waals surface area contributed by atoms with Crippen LogP contribution in [-0.2, 0) is 11.3 Å². The van der Waals surface area contributed by atoms with Crippen molar-refractivity contribution in [2.75, 3.05) is 39.3 Å². The second-order valence-corrected chi connectivity index (χ2v) is 13.6. The number of aromatic nitrogens is 2.